The van der Waals surface area contributed by atoms with Crippen molar-refractivity contribution in [1.29, 1.82) is 5.41 Å². The van der Waals surface area contributed by atoms with Gasteiger partial charge < -0.3 is 10.6 Å². The molecule has 3 N–H and O–H groups in total. The zero-order valence-corrected chi connectivity index (χ0v) is 17.9. The molecule has 0 radical (unpaired) electrons. The van der Waals surface area contributed by atoms with E-state index in [1.807, 2.05) is 17.2 Å². The summed E-state index contributed by atoms with van der Waals surface area (Å²) in [5, 5.41) is 8.67. The Morgan fingerprint density at radius 2 is 1.79 bits per heavy atom. The Morgan fingerprint density at radius 3 is 2.39 bits per heavy atom. The molecule has 5 nitrogen and oxygen atoms in total. The van der Waals surface area contributed by atoms with E-state index in [4.69, 9.17) is 11.1 Å². The first-order valence-corrected chi connectivity index (χ1v) is 10.8. The van der Waals surface area contributed by atoms with Gasteiger partial charge in [0.1, 0.15) is 5.03 Å². The van der Waals surface area contributed by atoms with Crippen molar-refractivity contribution < 1.29 is 0 Å². The van der Waals surface area contributed by atoms with Crippen molar-refractivity contribution in [3.63, 3.8) is 0 Å². The zero-order valence-electron chi connectivity index (χ0n) is 17.1. The minimum Gasteiger partial charge on any atom is -0.370 e. The normalized spacial score (nSPS) is 15.6. The number of thioether (sulfide) groups is 1. The molecular formula is C22H31N5S. The number of nitrogens with two attached hydrogens (primary N) is 1. The lowest BCUT2D eigenvalue weighted by atomic mass is 9.87. The average Bonchev–Trinajstić information content (AvgIpc) is 2.67. The summed E-state index contributed by atoms with van der Waals surface area (Å²) >= 11 is 1.81. The van der Waals surface area contributed by atoms with Gasteiger partial charge in [-0.3, -0.25) is 10.3 Å². The number of piperazine rings is 1. The molecule has 1 fully saturated rings. The topological polar surface area (TPSA) is 69.2 Å². The van der Waals surface area contributed by atoms with E-state index in [0.717, 1.165) is 43.5 Å². The predicted molar refractivity (Wildman–Crippen MR) is 118 cm³/mol. The first kappa shape index (κ1) is 20.7. The summed E-state index contributed by atoms with van der Waals surface area (Å²) in [4.78, 5) is 8.97. The Bertz CT molecular complexity index is 789. The highest BCUT2D eigenvalue weighted by molar-refractivity contribution is 7.98. The molecule has 1 aromatic carbocycles. The second-order valence-corrected chi connectivity index (χ2v) is 9.32. The van der Waals surface area contributed by atoms with Gasteiger partial charge in [0.05, 0.1) is 0 Å². The van der Waals surface area contributed by atoms with Crippen LogP contribution in [0.3, 0.4) is 0 Å². The van der Waals surface area contributed by atoms with Gasteiger partial charge >= 0.3 is 0 Å². The fourth-order valence-corrected chi connectivity index (χ4v) is 4.26. The zero-order chi connectivity index (χ0) is 20.1. The summed E-state index contributed by atoms with van der Waals surface area (Å²) in [6, 6.07) is 13.1. The standard InChI is InChI=1S/C22H31N5S/c1-22(2,3)19-8-6-17(7-9-19)16-28-20-18(5-4-10-25-20)15-26-11-13-27(14-12-26)21(23)24/h4-10H,11-16H2,1-3H3,(H3,23,24). The van der Waals surface area contributed by atoms with E-state index in [0.29, 0.717) is 0 Å². The number of aromatic nitrogens is 1. The van der Waals surface area contributed by atoms with Crippen LogP contribution in [0.2, 0.25) is 0 Å². The summed E-state index contributed by atoms with van der Waals surface area (Å²) in [5.41, 5.74) is 9.74. The van der Waals surface area contributed by atoms with Crippen molar-refractivity contribution in [3.05, 3.63) is 59.3 Å². The molecule has 2 aromatic rings. The highest BCUT2D eigenvalue weighted by Gasteiger charge is 2.19. The minimum atomic E-state index is 0.176. The van der Waals surface area contributed by atoms with Gasteiger partial charge in [-0.15, -0.1) is 11.8 Å². The number of guanidine groups is 1. The van der Waals surface area contributed by atoms with E-state index < -0.39 is 0 Å². The molecule has 150 valence electrons. The van der Waals surface area contributed by atoms with E-state index >= 15 is 0 Å². The van der Waals surface area contributed by atoms with Crippen molar-refractivity contribution >= 4 is 17.7 Å². The largest absolute Gasteiger partial charge is 0.370 e. The van der Waals surface area contributed by atoms with E-state index in [1.54, 1.807) is 11.8 Å². The van der Waals surface area contributed by atoms with Crippen molar-refractivity contribution in [3.8, 4) is 0 Å². The number of nitrogens with one attached hydrogen (secondary N) is 1. The van der Waals surface area contributed by atoms with Gasteiger partial charge in [0.15, 0.2) is 5.96 Å². The third-order valence-corrected chi connectivity index (χ3v) is 6.27. The van der Waals surface area contributed by atoms with Crippen LogP contribution in [0.1, 0.15) is 37.5 Å². The Hall–Kier alpha value is -2.05. The van der Waals surface area contributed by atoms with Crippen LogP contribution >= 0.6 is 11.8 Å². The molecule has 3 rings (SSSR count). The second-order valence-electron chi connectivity index (χ2n) is 8.35. The number of hydrogen-bond acceptors (Lipinski definition) is 4. The lowest BCUT2D eigenvalue weighted by molar-refractivity contribution is 0.172. The van der Waals surface area contributed by atoms with E-state index in [2.05, 4.69) is 61.0 Å². The van der Waals surface area contributed by atoms with Gasteiger partial charge in [-0.1, -0.05) is 51.1 Å². The van der Waals surface area contributed by atoms with E-state index in [-0.39, 0.29) is 11.4 Å². The lowest BCUT2D eigenvalue weighted by Gasteiger charge is -2.35. The number of benzene rings is 1. The Kier molecular flexibility index (Phi) is 6.62. The Balaban J connectivity index is 1.59. The monoisotopic (exact) mass is 397 g/mol. The predicted octanol–water partition coefficient (Wildman–Crippen LogP) is 3.68. The quantitative estimate of drug-likeness (QED) is 0.458. The second kappa shape index (κ2) is 8.97. The smallest absolute Gasteiger partial charge is 0.188 e. The number of rotatable bonds is 5. The average molecular weight is 398 g/mol. The molecule has 1 aliphatic rings. The fraction of sp³-hybridized carbons (Fsp3) is 0.455. The van der Waals surface area contributed by atoms with E-state index in [1.165, 1.54) is 16.7 Å². The van der Waals surface area contributed by atoms with Crippen molar-refractivity contribution in [2.75, 3.05) is 26.2 Å². The maximum Gasteiger partial charge on any atom is 0.188 e. The molecule has 0 amide bonds. The summed E-state index contributed by atoms with van der Waals surface area (Å²) in [5.74, 6) is 1.10. The van der Waals surface area contributed by atoms with Crippen LogP contribution in [0.15, 0.2) is 47.6 Å². The molecule has 2 heterocycles. The third kappa shape index (κ3) is 5.49. The summed E-state index contributed by atoms with van der Waals surface area (Å²) < 4.78 is 0. The highest BCUT2D eigenvalue weighted by Crippen LogP contribution is 2.27. The van der Waals surface area contributed by atoms with Gasteiger partial charge in [-0.2, -0.15) is 0 Å². The molecule has 0 unspecified atom stereocenters. The first-order valence-electron chi connectivity index (χ1n) is 9.80. The molecule has 0 saturated carbocycles. The van der Waals surface area contributed by atoms with Gasteiger partial charge in [0.2, 0.25) is 0 Å². The minimum absolute atomic E-state index is 0.176. The highest BCUT2D eigenvalue weighted by atomic mass is 32.2. The fourth-order valence-electron chi connectivity index (χ4n) is 3.31. The molecule has 1 aromatic heterocycles. The van der Waals surface area contributed by atoms with Crippen LogP contribution in [0.4, 0.5) is 0 Å². The summed E-state index contributed by atoms with van der Waals surface area (Å²) in [6.45, 7) is 11.1. The van der Waals surface area contributed by atoms with Crippen molar-refractivity contribution in [2.24, 2.45) is 5.73 Å². The molecule has 1 saturated heterocycles. The Labute approximate surface area is 172 Å². The van der Waals surface area contributed by atoms with Crippen molar-refractivity contribution in [1.82, 2.24) is 14.8 Å². The molecule has 0 bridgehead atoms. The SMILES string of the molecule is CC(C)(C)c1ccc(CSc2ncccc2CN2CCN(C(=N)N)CC2)cc1. The van der Waals surface area contributed by atoms with Crippen LogP contribution in [0.25, 0.3) is 0 Å². The van der Waals surface area contributed by atoms with Crippen LogP contribution < -0.4 is 5.73 Å². The molecular weight excluding hydrogens is 366 g/mol. The van der Waals surface area contributed by atoms with Crippen LogP contribution in [0, 0.1) is 5.41 Å². The summed E-state index contributed by atoms with van der Waals surface area (Å²) in [6.07, 6.45) is 1.88. The van der Waals surface area contributed by atoms with Crippen molar-refractivity contribution in [2.45, 2.75) is 43.5 Å². The lowest BCUT2D eigenvalue weighted by Crippen LogP contribution is -2.50. The third-order valence-electron chi connectivity index (χ3n) is 5.15. The summed E-state index contributed by atoms with van der Waals surface area (Å²) in [7, 11) is 0. The number of nitrogens with zero attached hydrogens (tertiary/aromatic N) is 3. The molecule has 1 aliphatic heterocycles. The maximum absolute atomic E-state index is 7.57. The van der Waals surface area contributed by atoms with Crippen LogP contribution in [-0.4, -0.2) is 46.9 Å². The molecule has 0 spiro atoms. The van der Waals surface area contributed by atoms with Crippen LogP contribution in [-0.2, 0) is 17.7 Å². The van der Waals surface area contributed by atoms with Gasteiger partial charge in [0.25, 0.3) is 0 Å². The first-order chi connectivity index (χ1) is 13.3. The molecule has 6 heteroatoms. The van der Waals surface area contributed by atoms with Gasteiger partial charge in [-0.05, 0) is 28.2 Å². The van der Waals surface area contributed by atoms with E-state index in [9.17, 15) is 0 Å². The Morgan fingerprint density at radius 1 is 1.11 bits per heavy atom. The van der Waals surface area contributed by atoms with Crippen LogP contribution in [0.5, 0.6) is 0 Å². The maximum atomic E-state index is 7.57. The number of hydrogen-bond donors (Lipinski definition) is 2. The molecule has 28 heavy (non-hydrogen) atoms. The molecule has 0 atom stereocenters. The van der Waals surface area contributed by atoms with Gasteiger partial charge in [-0.25, -0.2) is 4.98 Å². The molecule has 0 aliphatic carbocycles. The number of pyridine rings is 1. The van der Waals surface area contributed by atoms with Gasteiger partial charge in [0, 0.05) is 44.7 Å².